The van der Waals surface area contributed by atoms with Gasteiger partial charge in [0.25, 0.3) is 5.08 Å². The Hall–Kier alpha value is -1.25. The summed E-state index contributed by atoms with van der Waals surface area (Å²) in [5, 5.41) is 7.52. The fourth-order valence-electron chi connectivity index (χ4n) is 1.34. The summed E-state index contributed by atoms with van der Waals surface area (Å²) in [7, 11) is -11.2. The van der Waals surface area contributed by atoms with Crippen LogP contribution in [0.15, 0.2) is 30.3 Å². The maximum atomic E-state index is 11.4. The van der Waals surface area contributed by atoms with Crippen LogP contribution in [0.3, 0.4) is 0 Å². The average Bonchev–Trinajstić information content (AvgIpc) is 2.41. The number of ether oxygens (including phenoxy) is 1. The van der Waals surface area contributed by atoms with E-state index in [1.165, 1.54) is 0 Å². The highest BCUT2D eigenvalue weighted by atomic mass is 31.2. The van der Waals surface area contributed by atoms with Gasteiger partial charge in [0.2, 0.25) is 0 Å². The molecule has 0 bridgehead atoms. The smallest absolute Gasteiger partial charge is 0.407 e. The number of hydrogen-bond donors (Lipinski definition) is 6. The Morgan fingerprint density at radius 2 is 1.59 bits per heavy atom. The first-order chi connectivity index (χ1) is 9.97. The van der Waals surface area contributed by atoms with Crippen molar-refractivity contribution in [1.29, 1.82) is 0 Å². The Balaban J connectivity index is 2.65. The standard InChI is InChI=1S/C10H15NO9P2/c12-9(20-6-8-4-2-1-3-5-8)11-7-10(13,21(14,15)16)22(17,18)19/h1-5,13H,6-7H2,(H,11,12)(H2,14,15,16)(H2,17,18,19). The maximum absolute atomic E-state index is 11.4. The van der Waals surface area contributed by atoms with E-state index in [9.17, 15) is 19.0 Å². The van der Waals surface area contributed by atoms with Crippen molar-refractivity contribution in [2.45, 2.75) is 11.7 Å². The Labute approximate surface area is 125 Å². The van der Waals surface area contributed by atoms with Gasteiger partial charge in [0.15, 0.2) is 0 Å². The van der Waals surface area contributed by atoms with Crippen LogP contribution in [0.4, 0.5) is 4.79 Å². The molecule has 1 aromatic rings. The van der Waals surface area contributed by atoms with Crippen LogP contribution in [0.1, 0.15) is 5.56 Å². The molecule has 124 valence electrons. The third-order valence-corrected chi connectivity index (χ3v) is 6.36. The van der Waals surface area contributed by atoms with Gasteiger partial charge in [-0.1, -0.05) is 30.3 Å². The number of amides is 1. The lowest BCUT2D eigenvalue weighted by Crippen LogP contribution is -2.42. The SMILES string of the molecule is O=C(NCC(O)(P(=O)(O)O)P(=O)(O)O)OCc1ccccc1. The number of carbonyl (C=O) groups excluding carboxylic acids is 1. The molecule has 12 heteroatoms. The van der Waals surface area contributed by atoms with Crippen LogP contribution in [-0.2, 0) is 20.5 Å². The minimum atomic E-state index is -5.62. The molecule has 0 aromatic heterocycles. The molecule has 22 heavy (non-hydrogen) atoms. The molecule has 0 aliphatic heterocycles. The minimum Gasteiger partial charge on any atom is -0.445 e. The van der Waals surface area contributed by atoms with E-state index in [2.05, 4.69) is 4.74 Å². The van der Waals surface area contributed by atoms with E-state index in [4.69, 9.17) is 19.6 Å². The van der Waals surface area contributed by atoms with Crippen molar-refractivity contribution in [2.75, 3.05) is 6.54 Å². The van der Waals surface area contributed by atoms with Gasteiger partial charge < -0.3 is 34.7 Å². The van der Waals surface area contributed by atoms with Crippen LogP contribution in [0.5, 0.6) is 0 Å². The number of aliphatic hydroxyl groups is 1. The predicted octanol–water partition coefficient (Wildman–Crippen LogP) is -0.0857. The average molecular weight is 355 g/mol. The van der Waals surface area contributed by atoms with Crippen LogP contribution >= 0.6 is 15.2 Å². The monoisotopic (exact) mass is 355 g/mol. The zero-order chi connectivity index (χ0) is 17.0. The second kappa shape index (κ2) is 6.89. The first-order valence-electron chi connectivity index (χ1n) is 5.75. The van der Waals surface area contributed by atoms with Crippen LogP contribution in [-0.4, -0.2) is 42.4 Å². The van der Waals surface area contributed by atoms with E-state index in [1.54, 1.807) is 35.6 Å². The summed E-state index contributed by atoms with van der Waals surface area (Å²) >= 11 is 0. The Morgan fingerprint density at radius 3 is 2.05 bits per heavy atom. The molecule has 0 aliphatic rings. The highest BCUT2D eigenvalue weighted by Crippen LogP contribution is 2.66. The molecular formula is C10H15NO9P2. The molecule has 1 aromatic carbocycles. The number of carbonyl (C=O) groups is 1. The summed E-state index contributed by atoms with van der Waals surface area (Å²) in [5.74, 6) is 0. The molecule has 0 saturated heterocycles. The van der Waals surface area contributed by atoms with E-state index >= 15 is 0 Å². The van der Waals surface area contributed by atoms with Gasteiger partial charge in [-0.15, -0.1) is 0 Å². The molecule has 0 saturated carbocycles. The maximum Gasteiger partial charge on any atom is 0.407 e. The quantitative estimate of drug-likeness (QED) is 0.381. The summed E-state index contributed by atoms with van der Waals surface area (Å²) in [4.78, 5) is 46.8. The second-order valence-corrected chi connectivity index (χ2v) is 8.29. The highest BCUT2D eigenvalue weighted by Gasteiger charge is 2.59. The third kappa shape index (κ3) is 4.62. The van der Waals surface area contributed by atoms with Gasteiger partial charge in [-0.2, -0.15) is 0 Å². The number of nitrogens with one attached hydrogen (secondary N) is 1. The first-order valence-corrected chi connectivity index (χ1v) is 8.98. The summed E-state index contributed by atoms with van der Waals surface area (Å²) in [5.41, 5.74) is 0.623. The molecule has 0 fully saturated rings. The molecule has 0 atom stereocenters. The molecule has 10 nitrogen and oxygen atoms in total. The zero-order valence-corrected chi connectivity index (χ0v) is 12.9. The third-order valence-electron chi connectivity index (χ3n) is 2.62. The van der Waals surface area contributed by atoms with E-state index < -0.39 is 32.9 Å². The number of hydrogen-bond acceptors (Lipinski definition) is 5. The van der Waals surface area contributed by atoms with Gasteiger partial charge in [-0.05, 0) is 5.56 Å². The molecule has 0 radical (unpaired) electrons. The predicted molar refractivity (Wildman–Crippen MR) is 73.7 cm³/mol. The Morgan fingerprint density at radius 1 is 1.09 bits per heavy atom. The van der Waals surface area contributed by atoms with E-state index in [-0.39, 0.29) is 6.61 Å². The molecule has 1 amide bonds. The molecule has 0 aliphatic carbocycles. The topological polar surface area (TPSA) is 174 Å². The number of benzene rings is 1. The first kappa shape index (κ1) is 18.8. The minimum absolute atomic E-state index is 0.170. The van der Waals surface area contributed by atoms with Gasteiger partial charge in [0, 0.05) is 0 Å². The van der Waals surface area contributed by atoms with Crippen molar-refractivity contribution >= 4 is 21.3 Å². The van der Waals surface area contributed by atoms with Crippen molar-refractivity contribution in [3.05, 3.63) is 35.9 Å². The van der Waals surface area contributed by atoms with E-state index in [0.717, 1.165) is 0 Å². The van der Waals surface area contributed by atoms with Crippen LogP contribution < -0.4 is 5.32 Å². The van der Waals surface area contributed by atoms with Crippen molar-refractivity contribution < 1.29 is 43.3 Å². The fourth-order valence-corrected chi connectivity index (χ4v) is 3.27. The van der Waals surface area contributed by atoms with Crippen LogP contribution in [0.2, 0.25) is 0 Å². The van der Waals surface area contributed by atoms with Gasteiger partial charge in [0.05, 0.1) is 6.54 Å². The fraction of sp³-hybridized carbons (Fsp3) is 0.300. The summed E-state index contributed by atoms with van der Waals surface area (Å²) in [6.07, 6.45) is -1.20. The van der Waals surface area contributed by atoms with Crippen molar-refractivity contribution in [1.82, 2.24) is 5.32 Å². The van der Waals surface area contributed by atoms with Crippen molar-refractivity contribution in [2.24, 2.45) is 0 Å². The summed E-state index contributed by atoms with van der Waals surface area (Å²) < 4.78 is 26.8. The van der Waals surface area contributed by atoms with E-state index in [0.29, 0.717) is 5.56 Å². The van der Waals surface area contributed by atoms with Gasteiger partial charge in [0.1, 0.15) is 6.61 Å². The zero-order valence-electron chi connectivity index (χ0n) is 11.1. The lowest BCUT2D eigenvalue weighted by atomic mass is 10.2. The summed E-state index contributed by atoms with van der Waals surface area (Å²) in [6, 6.07) is 8.42. The van der Waals surface area contributed by atoms with Crippen molar-refractivity contribution in [3.63, 3.8) is 0 Å². The van der Waals surface area contributed by atoms with Gasteiger partial charge in [-0.3, -0.25) is 9.13 Å². The lowest BCUT2D eigenvalue weighted by molar-refractivity contribution is 0.112. The summed E-state index contributed by atoms with van der Waals surface area (Å²) in [6.45, 7) is -1.55. The molecule has 0 spiro atoms. The molecule has 0 unspecified atom stereocenters. The Kier molecular flexibility index (Phi) is 5.89. The Bertz CT molecular complexity index is 586. The molecule has 1 rings (SSSR count). The van der Waals surface area contributed by atoms with Gasteiger partial charge in [-0.25, -0.2) is 4.79 Å². The largest absolute Gasteiger partial charge is 0.445 e. The van der Waals surface area contributed by atoms with Gasteiger partial charge >= 0.3 is 21.3 Å². The van der Waals surface area contributed by atoms with Crippen molar-refractivity contribution in [3.8, 4) is 0 Å². The molecule has 0 heterocycles. The number of alkyl carbamates (subject to hydrolysis) is 1. The number of rotatable bonds is 6. The second-order valence-electron chi connectivity index (χ2n) is 4.28. The molecule has 6 N–H and O–H groups in total. The van der Waals surface area contributed by atoms with Crippen LogP contribution in [0, 0.1) is 0 Å². The van der Waals surface area contributed by atoms with Crippen LogP contribution in [0.25, 0.3) is 0 Å². The highest BCUT2D eigenvalue weighted by molar-refractivity contribution is 7.72. The molecular weight excluding hydrogens is 340 g/mol. The normalized spacial score (nSPS) is 12.8. The lowest BCUT2D eigenvalue weighted by Gasteiger charge is -2.28. The van der Waals surface area contributed by atoms with E-state index in [1.807, 2.05) is 0 Å².